The molecule has 1 aromatic heterocycles. The average molecular weight is 673 g/mol. The second-order valence-corrected chi connectivity index (χ2v) is 13.9. The van der Waals surface area contributed by atoms with Gasteiger partial charge in [0.25, 0.3) is 0 Å². The smallest absolute Gasteiger partial charge is 0.119 e. The molecule has 6 rings (SSSR count). The third kappa shape index (κ3) is 7.24. The standard InChI is InChI=1S/C42H42BrNO2/c1-5-30-10-20-36(21-11-30)45-26-8-6-7-9-27-46-37-22-18-35(19-23-37)44-40-24-14-32(31-12-15-33(16-13-31)42(2,3)4)28-38(40)39-29-34(43)17-25-41(39)44/h5,10-25,28-29H,1,6-9,26-27H2,2-4H3. The third-order valence-electron chi connectivity index (χ3n) is 8.60. The molecule has 46 heavy (non-hydrogen) atoms. The summed E-state index contributed by atoms with van der Waals surface area (Å²) in [4.78, 5) is 0. The maximum atomic E-state index is 6.11. The Bertz CT molecular complexity index is 1930. The average Bonchev–Trinajstić information content (AvgIpc) is 3.39. The van der Waals surface area contributed by atoms with Crippen LogP contribution >= 0.6 is 15.9 Å². The molecule has 1 heterocycles. The molecule has 0 saturated carbocycles. The highest BCUT2D eigenvalue weighted by Crippen LogP contribution is 2.37. The Morgan fingerprint density at radius 3 is 1.76 bits per heavy atom. The van der Waals surface area contributed by atoms with Gasteiger partial charge in [0.1, 0.15) is 11.5 Å². The molecule has 0 aliphatic carbocycles. The number of fused-ring (bicyclic) bond motifs is 3. The van der Waals surface area contributed by atoms with Crippen molar-refractivity contribution >= 4 is 43.8 Å². The lowest BCUT2D eigenvalue weighted by molar-refractivity contribution is 0.287. The Hall–Kier alpha value is -4.28. The molecule has 234 valence electrons. The molecular weight excluding hydrogens is 630 g/mol. The van der Waals surface area contributed by atoms with Crippen LogP contribution in [0.15, 0.2) is 120 Å². The van der Waals surface area contributed by atoms with Crippen LogP contribution in [0.25, 0.3) is 44.7 Å². The number of aromatic nitrogens is 1. The SMILES string of the molecule is C=Cc1ccc(OCCCCCCOc2ccc(-n3c4ccc(Br)cc4c4cc(-c5ccc(C(C)(C)C)cc5)ccc43)cc2)cc1. The Balaban J connectivity index is 1.09. The summed E-state index contributed by atoms with van der Waals surface area (Å²) in [5, 5.41) is 2.47. The number of ether oxygens (including phenoxy) is 2. The first-order chi connectivity index (χ1) is 22.3. The van der Waals surface area contributed by atoms with Crippen molar-refractivity contribution in [1.82, 2.24) is 4.57 Å². The van der Waals surface area contributed by atoms with E-state index in [-0.39, 0.29) is 5.41 Å². The van der Waals surface area contributed by atoms with Gasteiger partial charge in [-0.3, -0.25) is 0 Å². The topological polar surface area (TPSA) is 23.4 Å². The first kappa shape index (κ1) is 31.7. The summed E-state index contributed by atoms with van der Waals surface area (Å²) in [6, 6.07) is 38.9. The Labute approximate surface area is 281 Å². The predicted molar refractivity (Wildman–Crippen MR) is 199 cm³/mol. The highest BCUT2D eigenvalue weighted by Gasteiger charge is 2.16. The van der Waals surface area contributed by atoms with E-state index in [9.17, 15) is 0 Å². The largest absolute Gasteiger partial charge is 0.494 e. The van der Waals surface area contributed by atoms with Crippen molar-refractivity contribution in [3.63, 3.8) is 0 Å². The number of halogens is 1. The van der Waals surface area contributed by atoms with Crippen LogP contribution in [0.2, 0.25) is 0 Å². The van der Waals surface area contributed by atoms with Crippen LogP contribution in [0, 0.1) is 0 Å². The van der Waals surface area contributed by atoms with Crippen LogP contribution in [0.1, 0.15) is 57.6 Å². The minimum atomic E-state index is 0.137. The van der Waals surface area contributed by atoms with Crippen LogP contribution in [-0.4, -0.2) is 17.8 Å². The first-order valence-corrected chi connectivity index (χ1v) is 17.0. The number of hydrogen-bond acceptors (Lipinski definition) is 2. The van der Waals surface area contributed by atoms with Crippen molar-refractivity contribution in [3.05, 3.63) is 131 Å². The molecule has 4 heteroatoms. The molecule has 0 spiro atoms. The number of hydrogen-bond donors (Lipinski definition) is 0. The summed E-state index contributed by atoms with van der Waals surface area (Å²) in [5.41, 5.74) is 8.54. The molecule has 3 nitrogen and oxygen atoms in total. The van der Waals surface area contributed by atoms with E-state index in [1.165, 1.54) is 38.5 Å². The molecular formula is C42H42BrNO2. The van der Waals surface area contributed by atoms with Crippen molar-refractivity contribution in [2.75, 3.05) is 13.2 Å². The van der Waals surface area contributed by atoms with E-state index < -0.39 is 0 Å². The Morgan fingerprint density at radius 2 is 1.17 bits per heavy atom. The van der Waals surface area contributed by atoms with Crippen molar-refractivity contribution in [2.24, 2.45) is 0 Å². The van der Waals surface area contributed by atoms with Gasteiger partial charge in [-0.2, -0.15) is 0 Å². The third-order valence-corrected chi connectivity index (χ3v) is 9.09. The molecule has 0 fully saturated rings. The molecule has 0 aliphatic heterocycles. The summed E-state index contributed by atoms with van der Waals surface area (Å²) < 4.78 is 15.4. The molecule has 0 atom stereocenters. The highest BCUT2D eigenvalue weighted by atomic mass is 79.9. The number of rotatable bonds is 12. The summed E-state index contributed by atoms with van der Waals surface area (Å²) in [6.07, 6.45) is 6.16. The zero-order valence-electron chi connectivity index (χ0n) is 27.1. The van der Waals surface area contributed by atoms with Gasteiger partial charge in [-0.15, -0.1) is 0 Å². The minimum absolute atomic E-state index is 0.137. The summed E-state index contributed by atoms with van der Waals surface area (Å²) in [5.74, 6) is 1.82. The fourth-order valence-electron chi connectivity index (χ4n) is 5.95. The summed E-state index contributed by atoms with van der Waals surface area (Å²) >= 11 is 3.71. The van der Waals surface area contributed by atoms with E-state index >= 15 is 0 Å². The first-order valence-electron chi connectivity index (χ1n) is 16.2. The number of nitrogens with zero attached hydrogens (tertiary/aromatic N) is 1. The van der Waals surface area contributed by atoms with E-state index in [0.29, 0.717) is 6.61 Å². The molecule has 0 radical (unpaired) electrons. The van der Waals surface area contributed by atoms with Crippen molar-refractivity contribution in [1.29, 1.82) is 0 Å². The normalized spacial score (nSPS) is 11.7. The van der Waals surface area contributed by atoms with Gasteiger partial charge in [0, 0.05) is 20.9 Å². The van der Waals surface area contributed by atoms with E-state index in [0.717, 1.165) is 59.5 Å². The molecule has 0 unspecified atom stereocenters. The predicted octanol–water partition coefficient (Wildman–Crippen LogP) is 12.2. The number of unbranched alkanes of at least 4 members (excludes halogenated alkanes) is 3. The van der Waals surface area contributed by atoms with Gasteiger partial charge in [0.15, 0.2) is 0 Å². The van der Waals surface area contributed by atoms with E-state index in [1.807, 2.05) is 30.3 Å². The quantitative estimate of drug-likeness (QED) is 0.121. The second kappa shape index (κ2) is 14.0. The van der Waals surface area contributed by atoms with Crippen LogP contribution in [0.5, 0.6) is 11.5 Å². The second-order valence-electron chi connectivity index (χ2n) is 12.9. The maximum absolute atomic E-state index is 6.11. The van der Waals surface area contributed by atoms with Gasteiger partial charge in [0.2, 0.25) is 0 Å². The molecule has 0 amide bonds. The highest BCUT2D eigenvalue weighted by molar-refractivity contribution is 9.10. The molecule has 6 aromatic rings. The van der Waals surface area contributed by atoms with Crippen LogP contribution < -0.4 is 9.47 Å². The zero-order chi connectivity index (χ0) is 32.1. The van der Waals surface area contributed by atoms with Crippen molar-refractivity contribution in [3.8, 4) is 28.3 Å². The van der Waals surface area contributed by atoms with Crippen LogP contribution in [0.3, 0.4) is 0 Å². The lowest BCUT2D eigenvalue weighted by atomic mass is 9.86. The van der Waals surface area contributed by atoms with E-state index in [1.54, 1.807) is 0 Å². The van der Waals surface area contributed by atoms with Gasteiger partial charge in [-0.05, 0) is 120 Å². The molecule has 0 aliphatic rings. The summed E-state index contributed by atoms with van der Waals surface area (Å²) in [6.45, 7) is 12.0. The monoisotopic (exact) mass is 671 g/mol. The Kier molecular flexibility index (Phi) is 9.65. The lowest BCUT2D eigenvalue weighted by Crippen LogP contribution is -2.10. The van der Waals surface area contributed by atoms with Crippen LogP contribution in [-0.2, 0) is 5.41 Å². The fourth-order valence-corrected chi connectivity index (χ4v) is 6.31. The maximum Gasteiger partial charge on any atom is 0.119 e. The summed E-state index contributed by atoms with van der Waals surface area (Å²) in [7, 11) is 0. The van der Waals surface area contributed by atoms with Gasteiger partial charge in [-0.1, -0.05) is 91.8 Å². The van der Waals surface area contributed by atoms with Gasteiger partial charge >= 0.3 is 0 Å². The molecule has 0 saturated heterocycles. The van der Waals surface area contributed by atoms with Crippen molar-refractivity contribution in [2.45, 2.75) is 51.9 Å². The lowest BCUT2D eigenvalue weighted by Gasteiger charge is -2.19. The fraction of sp³-hybridized carbons (Fsp3) is 0.238. The minimum Gasteiger partial charge on any atom is -0.494 e. The van der Waals surface area contributed by atoms with Gasteiger partial charge in [-0.25, -0.2) is 0 Å². The van der Waals surface area contributed by atoms with Gasteiger partial charge in [0.05, 0.1) is 24.2 Å². The van der Waals surface area contributed by atoms with Gasteiger partial charge < -0.3 is 14.0 Å². The van der Waals surface area contributed by atoms with Crippen molar-refractivity contribution < 1.29 is 9.47 Å². The zero-order valence-corrected chi connectivity index (χ0v) is 28.6. The molecule has 0 N–H and O–H groups in total. The van der Waals surface area contributed by atoms with E-state index in [2.05, 4.69) is 133 Å². The van der Waals surface area contributed by atoms with E-state index in [4.69, 9.17) is 9.47 Å². The molecule has 0 bridgehead atoms. The molecule has 5 aromatic carbocycles. The van der Waals surface area contributed by atoms with Crippen LogP contribution in [0.4, 0.5) is 0 Å². The Morgan fingerprint density at radius 1 is 0.630 bits per heavy atom. The number of benzene rings is 5.